The molecule has 0 unspecified atom stereocenters. The molecule has 0 aliphatic rings. The molecule has 0 aromatic carbocycles. The van der Waals surface area contributed by atoms with Crippen LogP contribution in [-0.2, 0) is 28.5 Å². The minimum atomic E-state index is -0.251. The van der Waals surface area contributed by atoms with E-state index in [9.17, 15) is 4.79 Å². The fourth-order valence-corrected chi connectivity index (χ4v) is 1.39. The summed E-state index contributed by atoms with van der Waals surface area (Å²) in [6.07, 6.45) is 1.69. The van der Waals surface area contributed by atoms with Gasteiger partial charge in [0.2, 0.25) is 0 Å². The number of hydrogen-bond donors (Lipinski definition) is 4. The lowest BCUT2D eigenvalue weighted by atomic mass is 10.6. The van der Waals surface area contributed by atoms with Crippen molar-refractivity contribution < 1.29 is 28.5 Å². The molecule has 27 heavy (non-hydrogen) atoms. The minimum Gasteiger partial charge on any atom is -0.465 e. The van der Waals surface area contributed by atoms with Crippen molar-refractivity contribution in [1.82, 2.24) is 5.32 Å². The average molecular weight is 416 g/mol. The molecule has 0 saturated carbocycles. The number of carbonyl (C=O) groups is 1. The lowest BCUT2D eigenvalue weighted by Crippen LogP contribution is -2.28. The molecule has 0 amide bonds. The first-order chi connectivity index (χ1) is 13.2. The Morgan fingerprint density at radius 2 is 1.22 bits per heavy atom. The summed E-state index contributed by atoms with van der Waals surface area (Å²) in [4.78, 5) is 11.0. The maximum atomic E-state index is 11.0. The van der Waals surface area contributed by atoms with Crippen LogP contribution in [0.2, 0.25) is 0 Å². The van der Waals surface area contributed by atoms with Crippen molar-refractivity contribution in [2.24, 2.45) is 11.5 Å². The van der Waals surface area contributed by atoms with Crippen LogP contribution in [0.25, 0.3) is 0 Å². The van der Waals surface area contributed by atoms with E-state index in [1.54, 1.807) is 13.2 Å². The topological polar surface area (TPSA) is 127 Å². The molecule has 0 bridgehead atoms. The van der Waals surface area contributed by atoms with Crippen LogP contribution in [0.1, 0.15) is 13.8 Å². The van der Waals surface area contributed by atoms with E-state index in [4.69, 9.17) is 35.2 Å². The highest BCUT2D eigenvalue weighted by Gasteiger charge is 1.99. The summed E-state index contributed by atoms with van der Waals surface area (Å²) in [5.74, 6) is -0.251. The van der Waals surface area contributed by atoms with Gasteiger partial charge in [-0.25, -0.2) is 0 Å². The predicted molar refractivity (Wildman–Crippen MR) is 111 cm³/mol. The first-order valence-corrected chi connectivity index (χ1v) is 10.1. The smallest absolute Gasteiger partial charge is 0.319 e. The Balaban J connectivity index is -0.00000104. The molecular weight excluding hydrogens is 374 g/mol. The fraction of sp³-hybridized carbons (Fsp3) is 0.941. The number of nitrogens with two attached hydrogens (primary N) is 2. The Labute approximate surface area is 170 Å². The average Bonchev–Trinajstić information content (AvgIpc) is 2.67. The van der Waals surface area contributed by atoms with Gasteiger partial charge in [0, 0.05) is 13.1 Å². The van der Waals surface area contributed by atoms with E-state index in [1.165, 1.54) is 0 Å². The number of esters is 1. The summed E-state index contributed by atoms with van der Waals surface area (Å²) >= 11 is 3.53. The Kier molecular flexibility index (Phi) is 38.4. The number of rotatable bonds is 17. The molecular formula is C17H41N3O6S. The third kappa shape index (κ3) is 37.1. The maximum Gasteiger partial charge on any atom is 0.319 e. The summed E-state index contributed by atoms with van der Waals surface area (Å²) in [7, 11) is 0. The van der Waals surface area contributed by atoms with Crippen LogP contribution < -0.4 is 16.8 Å². The van der Waals surface area contributed by atoms with Gasteiger partial charge in [-0.3, -0.25) is 4.79 Å². The molecule has 0 aromatic heterocycles. The largest absolute Gasteiger partial charge is 0.465 e. The summed E-state index contributed by atoms with van der Waals surface area (Å²) in [5, 5.41) is 2.93. The van der Waals surface area contributed by atoms with Gasteiger partial charge in [0.25, 0.3) is 0 Å². The van der Waals surface area contributed by atoms with Crippen molar-refractivity contribution in [2.75, 3.05) is 91.9 Å². The van der Waals surface area contributed by atoms with E-state index in [-0.39, 0.29) is 12.5 Å². The second kappa shape index (κ2) is 33.1. The van der Waals surface area contributed by atoms with Gasteiger partial charge in [-0.15, -0.1) is 0 Å². The molecule has 10 heteroatoms. The van der Waals surface area contributed by atoms with Crippen molar-refractivity contribution >= 4 is 18.6 Å². The SMILES string of the molecule is CCN.CCOC(=O)CNCCOCCOCCOCCOCCN.CS. The van der Waals surface area contributed by atoms with E-state index in [2.05, 4.69) is 17.9 Å². The van der Waals surface area contributed by atoms with Crippen molar-refractivity contribution in [3.8, 4) is 0 Å². The molecule has 0 rings (SSSR count). The maximum absolute atomic E-state index is 11.0. The number of thiol groups is 1. The van der Waals surface area contributed by atoms with Crippen molar-refractivity contribution in [3.05, 3.63) is 0 Å². The van der Waals surface area contributed by atoms with Crippen LogP contribution in [0, 0.1) is 0 Å². The van der Waals surface area contributed by atoms with Crippen LogP contribution in [0.5, 0.6) is 0 Å². The van der Waals surface area contributed by atoms with Gasteiger partial charge in [-0.1, -0.05) is 6.92 Å². The van der Waals surface area contributed by atoms with Crippen LogP contribution in [-0.4, -0.2) is 97.9 Å². The van der Waals surface area contributed by atoms with Crippen molar-refractivity contribution in [1.29, 1.82) is 0 Å². The first-order valence-electron chi connectivity index (χ1n) is 9.24. The van der Waals surface area contributed by atoms with Gasteiger partial charge in [0.15, 0.2) is 0 Å². The highest BCUT2D eigenvalue weighted by Crippen LogP contribution is 1.82. The Morgan fingerprint density at radius 1 is 0.815 bits per heavy atom. The summed E-state index contributed by atoms with van der Waals surface area (Å²) in [5.41, 5.74) is 10.1. The zero-order valence-corrected chi connectivity index (χ0v) is 18.1. The normalized spacial score (nSPS) is 9.70. The summed E-state index contributed by atoms with van der Waals surface area (Å²) in [6, 6.07) is 0. The quantitative estimate of drug-likeness (QED) is 0.143. The highest BCUT2D eigenvalue weighted by molar-refractivity contribution is 7.79. The highest BCUT2D eigenvalue weighted by atomic mass is 32.1. The second-order valence-corrected chi connectivity index (χ2v) is 4.63. The monoisotopic (exact) mass is 415 g/mol. The van der Waals surface area contributed by atoms with Gasteiger partial charge in [-0.2, -0.15) is 12.6 Å². The zero-order chi connectivity index (χ0) is 21.0. The standard InChI is InChI=1S/C14H30N2O6.C2H7N.CH4S/c1-2-22-14(17)13-16-4-6-19-8-10-21-12-11-20-9-7-18-5-3-15;1-2-3;1-2/h16H,2-13,15H2,1H3;2-3H2,1H3;2H,1H3. The molecule has 0 saturated heterocycles. The molecule has 0 radical (unpaired) electrons. The van der Waals surface area contributed by atoms with Gasteiger partial charge in [0.05, 0.1) is 66.0 Å². The summed E-state index contributed by atoms with van der Waals surface area (Å²) in [6.45, 7) is 10.5. The first kappa shape index (κ1) is 31.2. The molecule has 166 valence electrons. The van der Waals surface area contributed by atoms with Crippen LogP contribution in [0.3, 0.4) is 0 Å². The van der Waals surface area contributed by atoms with Crippen LogP contribution in [0.4, 0.5) is 0 Å². The Morgan fingerprint density at radius 3 is 1.63 bits per heavy atom. The van der Waals surface area contributed by atoms with E-state index >= 15 is 0 Å². The molecule has 0 heterocycles. The minimum absolute atomic E-state index is 0.208. The van der Waals surface area contributed by atoms with Gasteiger partial charge >= 0.3 is 5.97 Å². The van der Waals surface area contributed by atoms with Gasteiger partial charge in [-0.05, 0) is 19.7 Å². The van der Waals surface area contributed by atoms with Crippen molar-refractivity contribution in [3.63, 3.8) is 0 Å². The molecule has 0 aliphatic heterocycles. The van der Waals surface area contributed by atoms with E-state index in [0.29, 0.717) is 72.6 Å². The summed E-state index contributed by atoms with van der Waals surface area (Å²) < 4.78 is 25.9. The molecule has 0 aromatic rings. The molecule has 0 aliphatic carbocycles. The molecule has 0 spiro atoms. The van der Waals surface area contributed by atoms with Crippen molar-refractivity contribution in [2.45, 2.75) is 13.8 Å². The molecule has 5 N–H and O–H groups in total. The fourth-order valence-electron chi connectivity index (χ4n) is 1.39. The third-order valence-corrected chi connectivity index (χ3v) is 2.38. The number of carbonyl (C=O) groups excluding carboxylic acids is 1. The van der Waals surface area contributed by atoms with Gasteiger partial charge < -0.3 is 40.5 Å². The predicted octanol–water partition coefficient (Wildman–Crippen LogP) is -0.325. The molecule has 9 nitrogen and oxygen atoms in total. The third-order valence-electron chi connectivity index (χ3n) is 2.38. The second-order valence-electron chi connectivity index (χ2n) is 4.63. The van der Waals surface area contributed by atoms with Crippen LogP contribution in [0.15, 0.2) is 0 Å². The van der Waals surface area contributed by atoms with Gasteiger partial charge in [0.1, 0.15) is 0 Å². The lowest BCUT2D eigenvalue weighted by molar-refractivity contribution is -0.142. The van der Waals surface area contributed by atoms with Crippen LogP contribution >= 0.6 is 12.6 Å². The molecule has 0 fully saturated rings. The Bertz CT molecular complexity index is 267. The number of hydrogen-bond acceptors (Lipinski definition) is 10. The lowest BCUT2D eigenvalue weighted by Gasteiger charge is -2.07. The zero-order valence-electron chi connectivity index (χ0n) is 17.2. The van der Waals surface area contributed by atoms with E-state index in [1.807, 2.05) is 6.92 Å². The molecule has 0 atom stereocenters. The number of ether oxygens (including phenoxy) is 5. The van der Waals surface area contributed by atoms with E-state index < -0.39 is 0 Å². The number of nitrogens with one attached hydrogen (secondary N) is 1. The van der Waals surface area contributed by atoms with E-state index in [0.717, 1.165) is 6.54 Å². The Hall–Kier alpha value is -0.460.